The summed E-state index contributed by atoms with van der Waals surface area (Å²) in [6.07, 6.45) is 5.23. The summed E-state index contributed by atoms with van der Waals surface area (Å²) in [6, 6.07) is 8.53. The highest BCUT2D eigenvalue weighted by Crippen LogP contribution is 2.31. The molecule has 0 fully saturated rings. The Morgan fingerprint density at radius 2 is 2.06 bits per heavy atom. The summed E-state index contributed by atoms with van der Waals surface area (Å²) in [6.45, 7) is 2.24. The SMILES string of the molecule is Cc1ccc(Oc2nc3cc(OCCCCC/C(N)=C/N(C)N)c(Cl)cc3[nH]2)cc1C(=O)O. The van der Waals surface area contributed by atoms with Gasteiger partial charge in [-0.05, 0) is 56.4 Å². The van der Waals surface area contributed by atoms with Crippen molar-refractivity contribution in [3.63, 3.8) is 0 Å². The molecule has 0 bridgehead atoms. The first kappa shape index (κ1) is 24.2. The second-order valence-electron chi connectivity index (χ2n) is 7.75. The maximum Gasteiger partial charge on any atom is 0.336 e. The molecule has 0 radical (unpaired) electrons. The molecule has 0 saturated carbocycles. The van der Waals surface area contributed by atoms with Crippen LogP contribution in [0, 0.1) is 6.92 Å². The molecule has 1 aromatic heterocycles. The number of H-pyrrole nitrogens is 1. The first-order chi connectivity index (χ1) is 15.7. The van der Waals surface area contributed by atoms with E-state index in [9.17, 15) is 9.90 Å². The molecule has 6 N–H and O–H groups in total. The lowest BCUT2D eigenvalue weighted by Gasteiger charge is -2.09. The third kappa shape index (κ3) is 6.77. The Morgan fingerprint density at radius 3 is 2.79 bits per heavy atom. The normalized spacial score (nSPS) is 11.6. The van der Waals surface area contributed by atoms with Crippen molar-refractivity contribution in [1.82, 2.24) is 15.0 Å². The average Bonchev–Trinajstić information content (AvgIpc) is 3.12. The molecule has 0 aliphatic heterocycles. The fourth-order valence-corrected chi connectivity index (χ4v) is 3.49. The summed E-state index contributed by atoms with van der Waals surface area (Å²) in [4.78, 5) is 18.8. The zero-order chi connectivity index (χ0) is 24.0. The Morgan fingerprint density at radius 1 is 1.27 bits per heavy atom. The number of fused-ring (bicyclic) bond motifs is 1. The molecule has 0 spiro atoms. The number of unbranched alkanes of at least 4 members (excludes halogenated alkanes) is 2. The van der Waals surface area contributed by atoms with Crippen LogP contribution in [0.3, 0.4) is 0 Å². The van der Waals surface area contributed by atoms with Gasteiger partial charge in [0.15, 0.2) is 0 Å². The van der Waals surface area contributed by atoms with Gasteiger partial charge in [0.2, 0.25) is 0 Å². The number of aromatic carboxylic acids is 1. The minimum Gasteiger partial charge on any atom is -0.492 e. The number of nitrogens with zero attached hydrogens (tertiary/aromatic N) is 2. The van der Waals surface area contributed by atoms with Gasteiger partial charge in [0, 0.05) is 25.0 Å². The molecule has 9 nitrogen and oxygen atoms in total. The summed E-state index contributed by atoms with van der Waals surface area (Å²) >= 11 is 6.36. The predicted molar refractivity (Wildman–Crippen MR) is 127 cm³/mol. The third-order valence-corrected chi connectivity index (χ3v) is 5.20. The second kappa shape index (κ2) is 10.9. The van der Waals surface area contributed by atoms with Crippen molar-refractivity contribution < 1.29 is 19.4 Å². The third-order valence-electron chi connectivity index (χ3n) is 4.90. The molecule has 0 saturated heterocycles. The number of carbonyl (C=O) groups is 1. The van der Waals surface area contributed by atoms with E-state index in [1.807, 2.05) is 0 Å². The summed E-state index contributed by atoms with van der Waals surface area (Å²) in [5.74, 6) is 5.42. The maximum atomic E-state index is 11.3. The van der Waals surface area contributed by atoms with Crippen molar-refractivity contribution in [2.75, 3.05) is 13.7 Å². The second-order valence-corrected chi connectivity index (χ2v) is 8.16. The van der Waals surface area contributed by atoms with Crippen molar-refractivity contribution in [3.05, 3.63) is 58.4 Å². The van der Waals surface area contributed by atoms with Crippen LogP contribution >= 0.6 is 11.6 Å². The zero-order valence-electron chi connectivity index (χ0n) is 18.6. The van der Waals surface area contributed by atoms with Crippen molar-refractivity contribution in [1.29, 1.82) is 0 Å². The number of carboxylic acid groups (broad SMARTS) is 1. The van der Waals surface area contributed by atoms with E-state index in [2.05, 4.69) is 9.97 Å². The van der Waals surface area contributed by atoms with Crippen molar-refractivity contribution >= 4 is 28.6 Å². The number of aromatic nitrogens is 2. The Labute approximate surface area is 196 Å². The number of carboxylic acids is 1. The van der Waals surface area contributed by atoms with E-state index in [0.717, 1.165) is 31.4 Å². The van der Waals surface area contributed by atoms with Crippen LogP contribution in [-0.2, 0) is 0 Å². The van der Waals surface area contributed by atoms with E-state index in [1.54, 1.807) is 44.4 Å². The van der Waals surface area contributed by atoms with Crippen LogP contribution in [0.25, 0.3) is 11.0 Å². The molecule has 176 valence electrons. The van der Waals surface area contributed by atoms with Crippen molar-refractivity contribution in [2.24, 2.45) is 11.6 Å². The molecule has 0 aliphatic carbocycles. The monoisotopic (exact) mass is 473 g/mol. The van der Waals surface area contributed by atoms with Gasteiger partial charge in [0.05, 0.1) is 28.2 Å². The number of nitrogens with two attached hydrogens (primary N) is 2. The van der Waals surface area contributed by atoms with Gasteiger partial charge < -0.3 is 30.3 Å². The van der Waals surface area contributed by atoms with Crippen LogP contribution in [0.1, 0.15) is 41.6 Å². The largest absolute Gasteiger partial charge is 0.492 e. The fraction of sp³-hybridized carbons (Fsp3) is 0.304. The Bertz CT molecular complexity index is 1160. The standard InChI is InChI=1S/C23H28ClN5O4/c1-14-7-8-16(10-17(14)22(30)31)33-23-27-19-11-18(24)21(12-20(19)28-23)32-9-5-3-4-6-15(25)13-29(2)26/h7-8,10-13H,3-6,9,25-26H2,1-2H3,(H,27,28)(H,30,31)/b15-13-. The lowest BCUT2D eigenvalue weighted by molar-refractivity contribution is 0.0695. The number of benzene rings is 2. The molecule has 1 heterocycles. The summed E-state index contributed by atoms with van der Waals surface area (Å²) < 4.78 is 11.6. The molecule has 3 aromatic rings. The molecule has 0 aliphatic rings. The Hall–Kier alpha value is -3.43. The van der Waals surface area contributed by atoms with Crippen LogP contribution < -0.4 is 21.1 Å². The van der Waals surface area contributed by atoms with Crippen LogP contribution in [-0.4, -0.2) is 39.7 Å². The molecule has 0 unspecified atom stereocenters. The number of ether oxygens (including phenoxy) is 2. The quantitative estimate of drug-likeness (QED) is 0.180. The number of rotatable bonds is 11. The van der Waals surface area contributed by atoms with Crippen LogP contribution in [0.15, 0.2) is 42.2 Å². The van der Waals surface area contributed by atoms with Gasteiger partial charge in [-0.25, -0.2) is 10.6 Å². The summed E-state index contributed by atoms with van der Waals surface area (Å²) in [7, 11) is 1.73. The topological polar surface area (TPSA) is 140 Å². The van der Waals surface area contributed by atoms with Gasteiger partial charge in [-0.2, -0.15) is 4.98 Å². The smallest absolute Gasteiger partial charge is 0.336 e. The van der Waals surface area contributed by atoms with E-state index in [1.165, 1.54) is 11.1 Å². The average molecular weight is 474 g/mol. The van der Waals surface area contributed by atoms with Gasteiger partial charge >= 0.3 is 5.97 Å². The highest BCUT2D eigenvalue weighted by atomic mass is 35.5. The molecule has 33 heavy (non-hydrogen) atoms. The Balaban J connectivity index is 1.58. The zero-order valence-corrected chi connectivity index (χ0v) is 19.4. The van der Waals surface area contributed by atoms with Gasteiger partial charge in [0.25, 0.3) is 6.01 Å². The molecule has 2 aromatic carbocycles. The maximum absolute atomic E-state index is 11.3. The summed E-state index contributed by atoms with van der Waals surface area (Å²) in [5.41, 5.74) is 8.75. The van der Waals surface area contributed by atoms with Crippen molar-refractivity contribution in [3.8, 4) is 17.5 Å². The number of halogens is 1. The number of hydrogen-bond acceptors (Lipinski definition) is 7. The minimum atomic E-state index is -1.01. The summed E-state index contributed by atoms with van der Waals surface area (Å²) in [5, 5.41) is 11.2. The van der Waals surface area contributed by atoms with Gasteiger partial charge in [-0.3, -0.25) is 0 Å². The number of aryl methyl sites for hydroxylation is 1. The predicted octanol–water partition coefficient (Wildman–Crippen LogP) is 4.56. The molecular weight excluding hydrogens is 446 g/mol. The van der Waals surface area contributed by atoms with Crippen LogP contribution in [0.5, 0.6) is 17.5 Å². The van der Waals surface area contributed by atoms with E-state index in [0.29, 0.717) is 39.7 Å². The number of nitrogens with one attached hydrogen (secondary N) is 1. The number of aromatic amines is 1. The minimum absolute atomic E-state index is 0.174. The number of hydrogen-bond donors (Lipinski definition) is 4. The fourth-order valence-electron chi connectivity index (χ4n) is 3.27. The number of imidazole rings is 1. The van der Waals surface area contributed by atoms with E-state index < -0.39 is 5.97 Å². The molecular formula is C23H28ClN5O4. The molecule has 0 atom stereocenters. The number of allylic oxidation sites excluding steroid dienone is 1. The molecule has 3 rings (SSSR count). The van der Waals surface area contributed by atoms with E-state index >= 15 is 0 Å². The lowest BCUT2D eigenvalue weighted by Crippen LogP contribution is -2.20. The van der Waals surface area contributed by atoms with E-state index in [-0.39, 0.29) is 11.6 Å². The van der Waals surface area contributed by atoms with E-state index in [4.69, 9.17) is 32.7 Å². The molecule has 10 heteroatoms. The number of hydrazine groups is 1. The Kier molecular flexibility index (Phi) is 8.02. The van der Waals surface area contributed by atoms with Gasteiger partial charge in [-0.1, -0.05) is 17.7 Å². The first-order valence-electron chi connectivity index (χ1n) is 10.5. The highest BCUT2D eigenvalue weighted by Gasteiger charge is 2.13. The van der Waals surface area contributed by atoms with Crippen LogP contribution in [0.4, 0.5) is 0 Å². The first-order valence-corrected chi connectivity index (χ1v) is 10.9. The van der Waals surface area contributed by atoms with Crippen molar-refractivity contribution in [2.45, 2.75) is 32.6 Å². The lowest BCUT2D eigenvalue weighted by atomic mass is 10.1. The van der Waals surface area contributed by atoms with Crippen LogP contribution in [0.2, 0.25) is 5.02 Å². The van der Waals surface area contributed by atoms with Gasteiger partial charge in [-0.15, -0.1) is 0 Å². The highest BCUT2D eigenvalue weighted by molar-refractivity contribution is 6.32. The van der Waals surface area contributed by atoms with Gasteiger partial charge in [0.1, 0.15) is 11.5 Å². The molecule has 0 amide bonds.